The Bertz CT molecular complexity index is 1160. The molecule has 2 aliphatic carbocycles. The number of fused-ring (bicyclic) bond motifs is 4. The number of benzene rings is 2. The molecule has 2 aromatic carbocycles. The summed E-state index contributed by atoms with van der Waals surface area (Å²) in [7, 11) is 0. The van der Waals surface area contributed by atoms with Crippen molar-refractivity contribution in [2.24, 2.45) is 17.3 Å². The van der Waals surface area contributed by atoms with Crippen LogP contribution < -0.4 is 0 Å². The third kappa shape index (κ3) is 2.29. The summed E-state index contributed by atoms with van der Waals surface area (Å²) in [5, 5.41) is 64.3. The van der Waals surface area contributed by atoms with E-state index in [1.165, 1.54) is 12.1 Å². The molecule has 0 saturated heterocycles. The van der Waals surface area contributed by atoms with Crippen molar-refractivity contribution < 1.29 is 30.6 Å². The Morgan fingerprint density at radius 1 is 0.636 bits per heavy atom. The molecule has 33 heavy (non-hydrogen) atoms. The second-order valence-corrected chi connectivity index (χ2v) is 11.7. The van der Waals surface area contributed by atoms with Gasteiger partial charge in [-0.15, -0.1) is 0 Å². The van der Waals surface area contributed by atoms with Gasteiger partial charge in [-0.05, 0) is 46.9 Å². The van der Waals surface area contributed by atoms with Crippen LogP contribution in [0.5, 0.6) is 34.5 Å². The summed E-state index contributed by atoms with van der Waals surface area (Å²) in [5.74, 6) is -2.49. The maximum atomic E-state index is 11.2. The van der Waals surface area contributed by atoms with E-state index in [0.29, 0.717) is 28.7 Å². The average molecular weight is 457 g/mol. The minimum atomic E-state index is -0.832. The fraction of sp³-hybridized carbons (Fsp3) is 0.556. The first-order valence-electron chi connectivity index (χ1n) is 11.6. The third-order valence-corrected chi connectivity index (χ3v) is 9.94. The molecule has 6 nitrogen and oxygen atoms in total. The molecule has 4 rings (SSSR count). The molecule has 2 aliphatic rings. The molecule has 2 aromatic rings. The van der Waals surface area contributed by atoms with Gasteiger partial charge in [0.1, 0.15) is 0 Å². The van der Waals surface area contributed by atoms with Crippen molar-refractivity contribution in [2.75, 3.05) is 0 Å². The number of phenols is 6. The van der Waals surface area contributed by atoms with Crippen LogP contribution in [0.3, 0.4) is 0 Å². The van der Waals surface area contributed by atoms with Gasteiger partial charge in [0.05, 0.1) is 0 Å². The lowest BCUT2D eigenvalue weighted by Crippen LogP contribution is -2.50. The molecule has 1 spiro atoms. The molecule has 180 valence electrons. The molecule has 0 bridgehead atoms. The molecule has 3 atom stereocenters. The second-order valence-electron chi connectivity index (χ2n) is 11.7. The van der Waals surface area contributed by atoms with E-state index in [0.717, 1.165) is 0 Å². The molecular weight excluding hydrogens is 420 g/mol. The molecule has 6 N–H and O–H groups in total. The predicted molar refractivity (Wildman–Crippen MR) is 126 cm³/mol. The number of aromatic hydroxyl groups is 6. The summed E-state index contributed by atoms with van der Waals surface area (Å²) < 4.78 is 0. The van der Waals surface area contributed by atoms with Crippen molar-refractivity contribution in [1.29, 1.82) is 0 Å². The molecule has 0 aliphatic heterocycles. The summed E-state index contributed by atoms with van der Waals surface area (Å²) in [5.41, 5.74) is -0.147. The van der Waals surface area contributed by atoms with Gasteiger partial charge in [-0.1, -0.05) is 55.4 Å². The van der Waals surface area contributed by atoms with Crippen molar-refractivity contribution in [3.8, 4) is 34.5 Å². The van der Waals surface area contributed by atoms with Gasteiger partial charge in [-0.3, -0.25) is 0 Å². The minimum Gasteiger partial charge on any atom is -0.504 e. The van der Waals surface area contributed by atoms with Gasteiger partial charge < -0.3 is 30.6 Å². The van der Waals surface area contributed by atoms with Gasteiger partial charge in [0.25, 0.3) is 0 Å². The van der Waals surface area contributed by atoms with Crippen molar-refractivity contribution in [3.05, 3.63) is 34.4 Å². The molecule has 0 radical (unpaired) electrons. The Kier molecular flexibility index (Phi) is 4.56. The highest BCUT2D eigenvalue weighted by atomic mass is 16.3. The Labute approximate surface area is 195 Å². The van der Waals surface area contributed by atoms with Gasteiger partial charge in [-0.2, -0.15) is 0 Å². The van der Waals surface area contributed by atoms with E-state index < -0.39 is 44.7 Å². The van der Waals surface area contributed by atoms with Crippen LogP contribution in [0.25, 0.3) is 0 Å². The van der Waals surface area contributed by atoms with Crippen molar-refractivity contribution >= 4 is 0 Å². The topological polar surface area (TPSA) is 121 Å². The molecule has 0 amide bonds. The van der Waals surface area contributed by atoms with Crippen molar-refractivity contribution in [1.82, 2.24) is 0 Å². The second kappa shape index (κ2) is 6.43. The zero-order valence-corrected chi connectivity index (χ0v) is 20.7. The zero-order chi connectivity index (χ0) is 25.0. The van der Waals surface area contributed by atoms with Gasteiger partial charge in [0.15, 0.2) is 23.0 Å². The summed E-state index contributed by atoms with van der Waals surface area (Å²) in [6, 6.07) is 3.05. The van der Waals surface area contributed by atoms with Gasteiger partial charge in [0, 0.05) is 27.4 Å². The van der Waals surface area contributed by atoms with E-state index in [4.69, 9.17) is 0 Å². The summed E-state index contributed by atoms with van der Waals surface area (Å²) in [4.78, 5) is 0. The van der Waals surface area contributed by atoms with Gasteiger partial charge in [0.2, 0.25) is 11.5 Å². The Morgan fingerprint density at radius 3 is 1.48 bits per heavy atom. The number of hydrogen-bond acceptors (Lipinski definition) is 6. The Hall–Kier alpha value is -2.76. The molecule has 0 aromatic heterocycles. The molecule has 0 fully saturated rings. The normalized spacial score (nSPS) is 29.8. The molecule has 0 heterocycles. The number of phenolic OH excluding ortho intramolecular Hbond substituents is 6. The van der Waals surface area contributed by atoms with Crippen LogP contribution in [0.4, 0.5) is 0 Å². The highest BCUT2D eigenvalue weighted by Gasteiger charge is 2.71. The lowest BCUT2D eigenvalue weighted by molar-refractivity contribution is 0.0626. The predicted octanol–water partition coefficient (Wildman–Crippen LogP) is 5.48. The van der Waals surface area contributed by atoms with Crippen LogP contribution in [0.1, 0.15) is 84.1 Å². The van der Waals surface area contributed by atoms with Crippen LogP contribution in [0.2, 0.25) is 0 Å². The fourth-order valence-electron chi connectivity index (χ4n) is 7.19. The van der Waals surface area contributed by atoms with Crippen LogP contribution >= 0.6 is 0 Å². The largest absolute Gasteiger partial charge is 0.504 e. The lowest BCUT2D eigenvalue weighted by Gasteiger charge is -2.51. The Balaban J connectivity index is 2.28. The highest BCUT2D eigenvalue weighted by Crippen LogP contribution is 2.76. The van der Waals surface area contributed by atoms with Crippen LogP contribution in [0, 0.1) is 17.3 Å². The number of rotatable bonds is 2. The minimum absolute atomic E-state index is 0.0362. The van der Waals surface area contributed by atoms with E-state index >= 15 is 0 Å². The molecular formula is C27H36O6. The van der Waals surface area contributed by atoms with Crippen LogP contribution in [0.15, 0.2) is 12.1 Å². The first-order valence-corrected chi connectivity index (χ1v) is 11.6. The van der Waals surface area contributed by atoms with Crippen LogP contribution in [-0.2, 0) is 16.2 Å². The summed E-state index contributed by atoms with van der Waals surface area (Å²) >= 11 is 0. The van der Waals surface area contributed by atoms with Crippen LogP contribution in [-0.4, -0.2) is 30.6 Å². The quantitative estimate of drug-likeness (QED) is 0.333. The van der Waals surface area contributed by atoms with E-state index in [9.17, 15) is 30.6 Å². The summed E-state index contributed by atoms with van der Waals surface area (Å²) in [6.45, 7) is 16.6. The van der Waals surface area contributed by atoms with E-state index in [1.54, 1.807) is 0 Å². The standard InChI is InChI=1S/C27H36O6/c1-12(2)25(7)11-27(14-9-16(28)20(30)22(32)18(14)25)15-10-17(29)21(31)23(33)19(15)26(8,13(3)4)24(27,5)6/h9-10,12-13,28-33H,11H2,1-8H3. The van der Waals surface area contributed by atoms with E-state index in [1.807, 2.05) is 6.92 Å². The summed E-state index contributed by atoms with van der Waals surface area (Å²) in [6.07, 6.45) is 0.523. The first kappa shape index (κ1) is 23.4. The maximum absolute atomic E-state index is 11.2. The molecule has 0 saturated carbocycles. The smallest absolute Gasteiger partial charge is 0.200 e. The van der Waals surface area contributed by atoms with Crippen molar-refractivity contribution in [2.45, 2.75) is 78.1 Å². The lowest BCUT2D eigenvalue weighted by atomic mass is 9.51. The zero-order valence-electron chi connectivity index (χ0n) is 20.7. The highest BCUT2D eigenvalue weighted by molar-refractivity contribution is 5.74. The van der Waals surface area contributed by atoms with Gasteiger partial charge in [-0.25, -0.2) is 0 Å². The van der Waals surface area contributed by atoms with Gasteiger partial charge >= 0.3 is 0 Å². The van der Waals surface area contributed by atoms with Crippen molar-refractivity contribution in [3.63, 3.8) is 0 Å². The monoisotopic (exact) mass is 456 g/mol. The first-order chi connectivity index (χ1) is 15.0. The Morgan fingerprint density at radius 2 is 1.06 bits per heavy atom. The fourth-order valence-corrected chi connectivity index (χ4v) is 7.19. The SMILES string of the molecule is CC(C)C1(C)CC2(c3cc(O)c(O)c(O)c31)c1cc(O)c(O)c(O)c1C(C)(C(C)C)C2(C)C. The average Bonchev–Trinajstić information content (AvgIpc) is 3.07. The molecule has 6 heteroatoms. The number of hydrogen-bond donors (Lipinski definition) is 6. The molecule has 3 unspecified atom stereocenters. The van der Waals surface area contributed by atoms with E-state index in [-0.39, 0.29) is 23.3 Å². The maximum Gasteiger partial charge on any atom is 0.200 e. The third-order valence-electron chi connectivity index (χ3n) is 9.94. The van der Waals surface area contributed by atoms with E-state index in [2.05, 4.69) is 48.5 Å².